The van der Waals surface area contributed by atoms with Gasteiger partial charge in [0.05, 0.1) is 6.26 Å². The fourth-order valence-electron chi connectivity index (χ4n) is 4.25. The highest BCUT2D eigenvalue weighted by molar-refractivity contribution is 5.66. The lowest BCUT2D eigenvalue weighted by atomic mass is 9.55. The predicted octanol–water partition coefficient (Wildman–Crippen LogP) is 5.16. The molecule has 0 spiro atoms. The lowest BCUT2D eigenvalue weighted by molar-refractivity contribution is -0.138. The number of carbonyl (C=O) groups is 1. The van der Waals surface area contributed by atoms with Crippen LogP contribution in [-0.4, -0.2) is 11.1 Å². The number of aryl methyl sites for hydroxylation is 1. The van der Waals surface area contributed by atoms with Crippen LogP contribution in [0.3, 0.4) is 0 Å². The molecule has 1 fully saturated rings. The second-order valence-electron chi connectivity index (χ2n) is 7.28. The minimum atomic E-state index is -0.740. The van der Waals surface area contributed by atoms with Crippen molar-refractivity contribution >= 4 is 5.97 Å². The van der Waals surface area contributed by atoms with Gasteiger partial charge in [-0.15, -0.1) is 0 Å². The summed E-state index contributed by atoms with van der Waals surface area (Å²) in [5.41, 5.74) is 3.37. The maximum Gasteiger partial charge on any atom is 0.303 e. The van der Waals surface area contributed by atoms with Crippen molar-refractivity contribution in [1.29, 1.82) is 0 Å². The molecule has 1 aliphatic rings. The third-order valence-corrected chi connectivity index (χ3v) is 5.67. The van der Waals surface area contributed by atoms with Gasteiger partial charge in [0.1, 0.15) is 5.76 Å². The molecule has 0 unspecified atom stereocenters. The summed E-state index contributed by atoms with van der Waals surface area (Å²) in [5.74, 6) is 0.797. The van der Waals surface area contributed by atoms with Crippen LogP contribution in [0.1, 0.15) is 50.9 Å². The molecule has 0 aliphatic heterocycles. The molecule has 3 heteroatoms. The minimum absolute atomic E-state index is 0.140. The van der Waals surface area contributed by atoms with Crippen molar-refractivity contribution in [3.05, 3.63) is 48.0 Å². The maximum atomic E-state index is 11.2. The van der Waals surface area contributed by atoms with Crippen molar-refractivity contribution in [2.45, 2.75) is 52.9 Å². The number of carboxylic acid groups (broad SMARTS) is 1. The Morgan fingerprint density at radius 2 is 2.22 bits per heavy atom. The molecule has 0 saturated heterocycles. The molecule has 0 radical (unpaired) electrons. The third kappa shape index (κ3) is 3.60. The highest BCUT2D eigenvalue weighted by Crippen LogP contribution is 2.53. The van der Waals surface area contributed by atoms with Gasteiger partial charge in [0.2, 0.25) is 0 Å². The van der Waals surface area contributed by atoms with Crippen molar-refractivity contribution in [1.82, 2.24) is 0 Å². The summed E-state index contributed by atoms with van der Waals surface area (Å²) in [6.45, 7) is 14.8. The van der Waals surface area contributed by atoms with E-state index in [2.05, 4.69) is 33.9 Å². The van der Waals surface area contributed by atoms with Gasteiger partial charge in [-0.3, -0.25) is 4.79 Å². The molecule has 0 aromatic carbocycles. The second-order valence-corrected chi connectivity index (χ2v) is 7.28. The van der Waals surface area contributed by atoms with E-state index in [1.807, 2.05) is 6.07 Å². The Morgan fingerprint density at radius 3 is 2.74 bits per heavy atom. The normalized spacial score (nSPS) is 27.9. The monoisotopic (exact) mass is 316 g/mol. The maximum absolute atomic E-state index is 11.2. The molecule has 1 heterocycles. The van der Waals surface area contributed by atoms with Gasteiger partial charge in [-0.25, -0.2) is 0 Å². The van der Waals surface area contributed by atoms with E-state index in [0.717, 1.165) is 36.2 Å². The van der Waals surface area contributed by atoms with E-state index < -0.39 is 5.97 Å². The molecule has 3 nitrogen and oxygen atoms in total. The minimum Gasteiger partial charge on any atom is -0.481 e. The SMILES string of the molecule is C=C(C)[C@H]1CCC(=C)[C@@H](Cc2occc2C)[C@]1(C)CCC(=O)O. The quantitative estimate of drug-likeness (QED) is 0.737. The van der Waals surface area contributed by atoms with Crippen molar-refractivity contribution in [2.24, 2.45) is 17.3 Å². The number of aliphatic carboxylic acids is 1. The second kappa shape index (κ2) is 6.77. The first-order valence-electron chi connectivity index (χ1n) is 8.33. The van der Waals surface area contributed by atoms with Gasteiger partial charge in [-0.05, 0) is 62.0 Å². The van der Waals surface area contributed by atoms with Crippen LogP contribution in [0.2, 0.25) is 0 Å². The molecule has 1 aromatic heterocycles. The van der Waals surface area contributed by atoms with Gasteiger partial charge in [-0.1, -0.05) is 31.2 Å². The van der Waals surface area contributed by atoms with Crippen LogP contribution < -0.4 is 0 Å². The highest BCUT2D eigenvalue weighted by Gasteiger charge is 2.46. The fourth-order valence-corrected chi connectivity index (χ4v) is 4.25. The summed E-state index contributed by atoms with van der Waals surface area (Å²) in [7, 11) is 0. The Bertz CT molecular complexity index is 610. The zero-order chi connectivity index (χ0) is 17.2. The summed E-state index contributed by atoms with van der Waals surface area (Å²) in [6, 6.07) is 1.98. The number of hydrogen-bond donors (Lipinski definition) is 1. The Kier molecular flexibility index (Phi) is 5.18. The van der Waals surface area contributed by atoms with E-state index in [4.69, 9.17) is 4.42 Å². The standard InChI is InChI=1S/C20H28O3/c1-13(2)16-7-6-14(3)17(12-18-15(4)9-11-23-18)20(16,5)10-8-19(21)22/h9,11,16-17H,1,3,6-8,10,12H2,2,4-5H3,(H,21,22)/t16-,17-,20-/m1/s1. The third-order valence-electron chi connectivity index (χ3n) is 5.67. The first-order valence-corrected chi connectivity index (χ1v) is 8.33. The van der Waals surface area contributed by atoms with Crippen molar-refractivity contribution in [2.75, 3.05) is 0 Å². The fraction of sp³-hybridized carbons (Fsp3) is 0.550. The largest absolute Gasteiger partial charge is 0.481 e. The van der Waals surface area contributed by atoms with Gasteiger partial charge >= 0.3 is 5.97 Å². The number of allylic oxidation sites excluding steroid dienone is 2. The van der Waals surface area contributed by atoms with Crippen LogP contribution in [0.4, 0.5) is 0 Å². The number of hydrogen-bond acceptors (Lipinski definition) is 2. The average Bonchev–Trinajstić information content (AvgIpc) is 2.86. The number of furan rings is 1. The van der Waals surface area contributed by atoms with E-state index >= 15 is 0 Å². The molecule has 1 N–H and O–H groups in total. The van der Waals surface area contributed by atoms with Crippen molar-refractivity contribution in [3.8, 4) is 0 Å². The molecular weight excluding hydrogens is 288 g/mol. The molecule has 126 valence electrons. The Hall–Kier alpha value is -1.77. The summed E-state index contributed by atoms with van der Waals surface area (Å²) >= 11 is 0. The van der Waals surface area contributed by atoms with Gasteiger partial charge < -0.3 is 9.52 Å². The first kappa shape index (κ1) is 17.6. The van der Waals surface area contributed by atoms with Crippen molar-refractivity contribution < 1.29 is 14.3 Å². The number of rotatable bonds is 6. The lowest BCUT2D eigenvalue weighted by Crippen LogP contribution is -2.42. The average molecular weight is 316 g/mol. The van der Waals surface area contributed by atoms with Gasteiger partial charge in [0, 0.05) is 12.8 Å². The van der Waals surface area contributed by atoms with E-state index in [1.165, 1.54) is 5.57 Å². The molecule has 2 rings (SSSR count). The Morgan fingerprint density at radius 1 is 1.52 bits per heavy atom. The van der Waals surface area contributed by atoms with Crippen LogP contribution in [0.25, 0.3) is 0 Å². The van der Waals surface area contributed by atoms with Gasteiger partial charge in [0.25, 0.3) is 0 Å². The van der Waals surface area contributed by atoms with Crippen LogP contribution >= 0.6 is 0 Å². The van der Waals surface area contributed by atoms with E-state index in [0.29, 0.717) is 12.3 Å². The van der Waals surface area contributed by atoms with Gasteiger partial charge in [-0.2, -0.15) is 0 Å². The molecule has 3 atom stereocenters. The molecule has 1 aromatic rings. The molecule has 0 amide bonds. The molecule has 0 bridgehead atoms. The van der Waals surface area contributed by atoms with E-state index in [9.17, 15) is 9.90 Å². The first-order chi connectivity index (χ1) is 10.8. The lowest BCUT2D eigenvalue weighted by Gasteiger charge is -2.49. The van der Waals surface area contributed by atoms with Crippen LogP contribution in [0.15, 0.2) is 41.1 Å². The summed E-state index contributed by atoms with van der Waals surface area (Å²) < 4.78 is 5.65. The van der Waals surface area contributed by atoms with E-state index in [1.54, 1.807) is 6.26 Å². The molecule has 1 aliphatic carbocycles. The Balaban J connectivity index is 2.35. The summed E-state index contributed by atoms with van der Waals surface area (Å²) in [4.78, 5) is 11.2. The zero-order valence-corrected chi connectivity index (χ0v) is 14.5. The molecule has 1 saturated carbocycles. The topological polar surface area (TPSA) is 50.4 Å². The van der Waals surface area contributed by atoms with Crippen LogP contribution in [0.5, 0.6) is 0 Å². The van der Waals surface area contributed by atoms with Crippen LogP contribution in [-0.2, 0) is 11.2 Å². The molecular formula is C20H28O3. The van der Waals surface area contributed by atoms with Crippen LogP contribution in [0, 0.1) is 24.2 Å². The smallest absolute Gasteiger partial charge is 0.303 e. The summed E-state index contributed by atoms with van der Waals surface area (Å²) in [5, 5.41) is 9.17. The van der Waals surface area contributed by atoms with E-state index in [-0.39, 0.29) is 17.8 Å². The Labute approximate surface area is 139 Å². The van der Waals surface area contributed by atoms with Crippen molar-refractivity contribution in [3.63, 3.8) is 0 Å². The highest BCUT2D eigenvalue weighted by atomic mass is 16.4. The number of carboxylic acids is 1. The zero-order valence-electron chi connectivity index (χ0n) is 14.5. The predicted molar refractivity (Wildman–Crippen MR) is 92.3 cm³/mol. The molecule has 23 heavy (non-hydrogen) atoms. The van der Waals surface area contributed by atoms with Gasteiger partial charge in [0.15, 0.2) is 0 Å². The summed E-state index contributed by atoms with van der Waals surface area (Å²) in [6.07, 6.45) is 5.33.